The van der Waals surface area contributed by atoms with Crippen LogP contribution < -0.4 is 14.8 Å². The normalized spacial score (nSPS) is 10.2. The van der Waals surface area contributed by atoms with Crippen molar-refractivity contribution in [1.29, 1.82) is 0 Å². The van der Waals surface area contributed by atoms with Gasteiger partial charge in [-0.2, -0.15) is 0 Å². The third-order valence-electron chi connectivity index (χ3n) is 3.84. The molecule has 0 bridgehead atoms. The lowest BCUT2D eigenvalue weighted by atomic mass is 10.2. The topological polar surface area (TPSA) is 90.7 Å². The molecule has 3 aromatic carbocycles. The summed E-state index contributed by atoms with van der Waals surface area (Å²) in [5.41, 5.74) is 0.719. The minimum atomic E-state index is -0.512. The number of carbonyl (C=O) groups excluding carboxylic acids is 1. The molecule has 0 aliphatic rings. The molecule has 1 N–H and O–H groups in total. The van der Waals surface area contributed by atoms with E-state index in [1.54, 1.807) is 48.5 Å². The van der Waals surface area contributed by atoms with Crippen LogP contribution in [-0.2, 0) is 0 Å². The number of carbonyl (C=O) groups is 1. The number of hydrogen-bond acceptors (Lipinski definition) is 5. The van der Waals surface area contributed by atoms with Crippen molar-refractivity contribution in [2.75, 3.05) is 11.9 Å². The molecule has 7 heteroatoms. The lowest BCUT2D eigenvalue weighted by Gasteiger charge is -2.12. The molecular formula is C21H18N2O5. The number of para-hydroxylation sites is 2. The van der Waals surface area contributed by atoms with Crippen LogP contribution in [-0.4, -0.2) is 17.4 Å². The molecule has 1 amide bonds. The Labute approximate surface area is 161 Å². The fourth-order valence-corrected chi connectivity index (χ4v) is 2.49. The number of nitrogens with one attached hydrogen (secondary N) is 1. The number of anilines is 1. The number of benzene rings is 3. The number of non-ortho nitro benzene ring substituents is 1. The molecule has 0 saturated carbocycles. The van der Waals surface area contributed by atoms with E-state index in [9.17, 15) is 14.9 Å². The van der Waals surface area contributed by atoms with Gasteiger partial charge in [-0.1, -0.05) is 12.1 Å². The van der Waals surface area contributed by atoms with Crippen molar-refractivity contribution >= 4 is 17.3 Å². The maximum Gasteiger partial charge on any atom is 0.269 e. The Morgan fingerprint density at radius 1 is 0.964 bits per heavy atom. The van der Waals surface area contributed by atoms with Crippen molar-refractivity contribution < 1.29 is 19.2 Å². The van der Waals surface area contributed by atoms with E-state index in [0.29, 0.717) is 29.4 Å². The molecule has 0 fully saturated rings. The Balaban J connectivity index is 1.74. The van der Waals surface area contributed by atoms with Crippen molar-refractivity contribution in [2.45, 2.75) is 6.92 Å². The van der Waals surface area contributed by atoms with Gasteiger partial charge in [-0.05, 0) is 55.5 Å². The van der Waals surface area contributed by atoms with Crippen molar-refractivity contribution in [3.63, 3.8) is 0 Å². The molecule has 142 valence electrons. The van der Waals surface area contributed by atoms with Gasteiger partial charge >= 0.3 is 0 Å². The Morgan fingerprint density at radius 3 is 2.25 bits per heavy atom. The van der Waals surface area contributed by atoms with Crippen LogP contribution in [0, 0.1) is 10.1 Å². The van der Waals surface area contributed by atoms with Crippen LogP contribution in [0.4, 0.5) is 11.4 Å². The third-order valence-corrected chi connectivity index (χ3v) is 3.84. The van der Waals surface area contributed by atoms with Gasteiger partial charge in [-0.25, -0.2) is 0 Å². The minimum Gasteiger partial charge on any atom is -0.494 e. The molecule has 0 aromatic heterocycles. The van der Waals surface area contributed by atoms with E-state index in [1.807, 2.05) is 6.92 Å². The molecule has 0 atom stereocenters. The van der Waals surface area contributed by atoms with E-state index in [1.165, 1.54) is 24.3 Å². The molecule has 0 radical (unpaired) electrons. The van der Waals surface area contributed by atoms with Gasteiger partial charge in [0.25, 0.3) is 11.6 Å². The first kappa shape index (κ1) is 18.9. The van der Waals surface area contributed by atoms with E-state index in [-0.39, 0.29) is 5.69 Å². The van der Waals surface area contributed by atoms with E-state index >= 15 is 0 Å². The third kappa shape index (κ3) is 4.64. The zero-order chi connectivity index (χ0) is 19.9. The maximum atomic E-state index is 12.5. The average molecular weight is 378 g/mol. The molecule has 0 saturated heterocycles. The number of amides is 1. The summed E-state index contributed by atoms with van der Waals surface area (Å²) in [5, 5.41) is 13.5. The minimum absolute atomic E-state index is 0.0733. The molecule has 0 aliphatic heterocycles. The van der Waals surface area contributed by atoms with E-state index < -0.39 is 10.8 Å². The number of nitrogens with zero attached hydrogens (tertiary/aromatic N) is 1. The summed E-state index contributed by atoms with van der Waals surface area (Å²) < 4.78 is 11.3. The highest BCUT2D eigenvalue weighted by Gasteiger charge is 2.12. The summed E-state index contributed by atoms with van der Waals surface area (Å²) in [6, 6.07) is 19.6. The maximum absolute atomic E-state index is 12.5. The monoisotopic (exact) mass is 378 g/mol. The van der Waals surface area contributed by atoms with Crippen LogP contribution in [0.5, 0.6) is 17.2 Å². The van der Waals surface area contributed by atoms with Crippen LogP contribution in [0.15, 0.2) is 72.8 Å². The van der Waals surface area contributed by atoms with Crippen LogP contribution in [0.25, 0.3) is 0 Å². The van der Waals surface area contributed by atoms with Gasteiger partial charge in [0.1, 0.15) is 11.5 Å². The molecule has 0 unspecified atom stereocenters. The molecule has 3 aromatic rings. The van der Waals surface area contributed by atoms with Crippen LogP contribution >= 0.6 is 0 Å². The number of nitro benzene ring substituents is 1. The SMILES string of the molecule is CCOc1ccc(Oc2ccccc2NC(=O)c2ccc([N+](=O)[O-])cc2)cc1. The molecule has 3 rings (SSSR count). The summed E-state index contributed by atoms with van der Waals surface area (Å²) >= 11 is 0. The molecule has 0 heterocycles. The summed E-state index contributed by atoms with van der Waals surface area (Å²) in [7, 11) is 0. The fourth-order valence-electron chi connectivity index (χ4n) is 2.49. The number of nitro groups is 1. The van der Waals surface area contributed by atoms with Gasteiger partial charge in [-0.3, -0.25) is 14.9 Å². The van der Waals surface area contributed by atoms with Gasteiger partial charge < -0.3 is 14.8 Å². The Morgan fingerprint density at radius 2 is 1.61 bits per heavy atom. The molecular weight excluding hydrogens is 360 g/mol. The van der Waals surface area contributed by atoms with Crippen molar-refractivity contribution in [2.24, 2.45) is 0 Å². The van der Waals surface area contributed by atoms with Gasteiger partial charge in [0.05, 0.1) is 17.2 Å². The highest BCUT2D eigenvalue weighted by molar-refractivity contribution is 6.05. The summed E-state index contributed by atoms with van der Waals surface area (Å²) in [5.74, 6) is 1.43. The molecule has 7 nitrogen and oxygen atoms in total. The fraction of sp³-hybridized carbons (Fsp3) is 0.0952. The second kappa shape index (κ2) is 8.68. The first-order chi connectivity index (χ1) is 13.6. The van der Waals surface area contributed by atoms with E-state index in [4.69, 9.17) is 9.47 Å². The zero-order valence-electron chi connectivity index (χ0n) is 15.1. The largest absolute Gasteiger partial charge is 0.494 e. The smallest absolute Gasteiger partial charge is 0.269 e. The first-order valence-corrected chi connectivity index (χ1v) is 8.62. The van der Waals surface area contributed by atoms with Crippen LogP contribution in [0.1, 0.15) is 17.3 Å². The van der Waals surface area contributed by atoms with Gasteiger partial charge in [0.2, 0.25) is 0 Å². The molecule has 28 heavy (non-hydrogen) atoms. The standard InChI is InChI=1S/C21H18N2O5/c1-2-27-17-11-13-18(14-12-17)28-20-6-4-3-5-19(20)22-21(24)15-7-9-16(10-8-15)23(25)26/h3-14H,2H2,1H3,(H,22,24). The lowest BCUT2D eigenvalue weighted by Crippen LogP contribution is -2.12. The lowest BCUT2D eigenvalue weighted by molar-refractivity contribution is -0.384. The summed E-state index contributed by atoms with van der Waals surface area (Å²) in [6.45, 7) is 2.49. The summed E-state index contributed by atoms with van der Waals surface area (Å²) in [4.78, 5) is 22.7. The van der Waals surface area contributed by atoms with Crippen molar-refractivity contribution in [3.8, 4) is 17.2 Å². The first-order valence-electron chi connectivity index (χ1n) is 8.62. The highest BCUT2D eigenvalue weighted by atomic mass is 16.6. The van der Waals surface area contributed by atoms with Gasteiger partial charge in [-0.15, -0.1) is 0 Å². The zero-order valence-corrected chi connectivity index (χ0v) is 15.1. The quantitative estimate of drug-likeness (QED) is 0.459. The number of ether oxygens (including phenoxy) is 2. The predicted molar refractivity (Wildman–Crippen MR) is 105 cm³/mol. The summed E-state index contributed by atoms with van der Waals surface area (Å²) in [6.07, 6.45) is 0. The van der Waals surface area contributed by atoms with Crippen LogP contribution in [0.2, 0.25) is 0 Å². The second-order valence-electron chi connectivity index (χ2n) is 5.76. The van der Waals surface area contributed by atoms with Crippen LogP contribution in [0.3, 0.4) is 0 Å². The van der Waals surface area contributed by atoms with Gasteiger partial charge in [0.15, 0.2) is 5.75 Å². The second-order valence-corrected chi connectivity index (χ2v) is 5.76. The van der Waals surface area contributed by atoms with Gasteiger partial charge in [0, 0.05) is 17.7 Å². The Kier molecular flexibility index (Phi) is 5.86. The van der Waals surface area contributed by atoms with E-state index in [2.05, 4.69) is 5.32 Å². The molecule has 0 aliphatic carbocycles. The molecule has 0 spiro atoms. The van der Waals surface area contributed by atoms with E-state index in [0.717, 1.165) is 5.75 Å². The number of hydrogen-bond donors (Lipinski definition) is 1. The number of rotatable bonds is 7. The Hall–Kier alpha value is -3.87. The average Bonchev–Trinajstić information content (AvgIpc) is 2.71. The Bertz CT molecular complexity index is 969. The van der Waals surface area contributed by atoms with Crippen molar-refractivity contribution in [3.05, 3.63) is 88.5 Å². The van der Waals surface area contributed by atoms with Crippen molar-refractivity contribution in [1.82, 2.24) is 0 Å². The predicted octanol–water partition coefficient (Wildman–Crippen LogP) is 5.04. The highest BCUT2D eigenvalue weighted by Crippen LogP contribution is 2.30.